The van der Waals surface area contributed by atoms with Crippen LogP contribution in [-0.4, -0.2) is 32.6 Å². The van der Waals surface area contributed by atoms with E-state index >= 15 is 0 Å². The largest absolute Gasteiger partial charge is 0.316 e. The van der Waals surface area contributed by atoms with E-state index in [0.717, 1.165) is 19.6 Å². The smallest absolute Gasteiger partial charge is 0.250 e. The highest BCUT2D eigenvalue weighted by molar-refractivity contribution is 5.85. The van der Waals surface area contributed by atoms with E-state index in [-0.39, 0.29) is 31.4 Å². The number of nitrogens with one attached hydrogen (secondary N) is 2. The van der Waals surface area contributed by atoms with Gasteiger partial charge in [0.05, 0.1) is 6.54 Å². The number of hydrogen-bond donors (Lipinski definition) is 2. The lowest BCUT2D eigenvalue weighted by Crippen LogP contribution is -2.47. The molecule has 1 heterocycles. The molecule has 0 amide bonds. The van der Waals surface area contributed by atoms with Gasteiger partial charge in [0.15, 0.2) is 0 Å². The van der Waals surface area contributed by atoms with Crippen LogP contribution in [0.4, 0.5) is 8.78 Å². The predicted octanol–water partition coefficient (Wildman–Crippen LogP) is 0.904. The molecule has 1 aliphatic heterocycles. The molecule has 0 saturated carbocycles. The Balaban J connectivity index is 0. The third-order valence-electron chi connectivity index (χ3n) is 1.60. The van der Waals surface area contributed by atoms with Gasteiger partial charge in [0.2, 0.25) is 0 Å². The molecule has 0 aliphatic carbocycles. The van der Waals surface area contributed by atoms with E-state index in [1.54, 1.807) is 0 Å². The molecule has 0 aromatic heterocycles. The first-order valence-corrected chi connectivity index (χ1v) is 3.48. The summed E-state index contributed by atoms with van der Waals surface area (Å²) in [6.07, 6.45) is -2.21. The SMILES string of the molecule is Cl.Cl.FC(F)CNCC1CNC1. The summed E-state index contributed by atoms with van der Waals surface area (Å²) in [5, 5.41) is 5.77. The van der Waals surface area contributed by atoms with Gasteiger partial charge in [-0.1, -0.05) is 0 Å². The second-order valence-corrected chi connectivity index (χ2v) is 2.57. The normalized spacial score (nSPS) is 16.2. The van der Waals surface area contributed by atoms with Gasteiger partial charge >= 0.3 is 0 Å². The zero-order chi connectivity index (χ0) is 7.40. The average Bonchev–Trinajstić information content (AvgIpc) is 1.75. The number of hydrogen-bond acceptors (Lipinski definition) is 2. The van der Waals surface area contributed by atoms with Gasteiger partial charge in [-0.05, 0) is 5.92 Å². The Labute approximate surface area is 83.3 Å². The monoisotopic (exact) mass is 222 g/mol. The molecule has 1 fully saturated rings. The minimum absolute atomic E-state index is 0. The summed E-state index contributed by atoms with van der Waals surface area (Å²) in [6, 6.07) is 0. The third-order valence-corrected chi connectivity index (χ3v) is 1.60. The summed E-state index contributed by atoms with van der Waals surface area (Å²) in [6.45, 7) is 2.49. The summed E-state index contributed by atoms with van der Waals surface area (Å²) in [5.41, 5.74) is 0. The Bertz CT molecular complexity index is 102. The molecule has 0 aromatic rings. The van der Waals surface area contributed by atoms with Crippen LogP contribution in [-0.2, 0) is 0 Å². The van der Waals surface area contributed by atoms with Crippen LogP contribution in [0.3, 0.4) is 0 Å². The standard InChI is InChI=1S/C6H12F2N2.2ClH/c7-6(8)4-10-3-5-1-9-2-5;;/h5-6,9-10H,1-4H2;2*1H. The molecule has 0 bridgehead atoms. The highest BCUT2D eigenvalue weighted by atomic mass is 35.5. The van der Waals surface area contributed by atoms with Crippen molar-refractivity contribution >= 4 is 24.8 Å². The van der Waals surface area contributed by atoms with Crippen molar-refractivity contribution in [3.05, 3.63) is 0 Å². The van der Waals surface area contributed by atoms with Crippen molar-refractivity contribution in [2.45, 2.75) is 6.43 Å². The van der Waals surface area contributed by atoms with Crippen LogP contribution >= 0.6 is 24.8 Å². The van der Waals surface area contributed by atoms with Crippen LogP contribution in [0.15, 0.2) is 0 Å². The first-order chi connectivity index (χ1) is 4.79. The molecule has 6 heteroatoms. The lowest BCUT2D eigenvalue weighted by molar-refractivity contribution is 0.142. The van der Waals surface area contributed by atoms with E-state index < -0.39 is 6.43 Å². The Morgan fingerprint density at radius 3 is 2.25 bits per heavy atom. The van der Waals surface area contributed by atoms with Crippen molar-refractivity contribution in [1.29, 1.82) is 0 Å². The van der Waals surface area contributed by atoms with Crippen molar-refractivity contribution in [2.24, 2.45) is 5.92 Å². The Morgan fingerprint density at radius 2 is 1.92 bits per heavy atom. The van der Waals surface area contributed by atoms with E-state index in [1.165, 1.54) is 0 Å². The maximum atomic E-state index is 11.5. The second kappa shape index (κ2) is 7.98. The Kier molecular flexibility index (Phi) is 9.88. The van der Waals surface area contributed by atoms with Gasteiger partial charge in [0.25, 0.3) is 6.43 Å². The summed E-state index contributed by atoms with van der Waals surface area (Å²) in [4.78, 5) is 0. The fourth-order valence-electron chi connectivity index (χ4n) is 0.889. The molecule has 0 unspecified atom stereocenters. The van der Waals surface area contributed by atoms with E-state index in [4.69, 9.17) is 0 Å². The van der Waals surface area contributed by atoms with Gasteiger partial charge in [0.1, 0.15) is 0 Å². The van der Waals surface area contributed by atoms with Crippen LogP contribution in [0.5, 0.6) is 0 Å². The minimum atomic E-state index is -2.21. The van der Waals surface area contributed by atoms with E-state index in [9.17, 15) is 8.78 Å². The lowest BCUT2D eigenvalue weighted by Gasteiger charge is -2.27. The zero-order valence-corrected chi connectivity index (χ0v) is 8.19. The molecule has 12 heavy (non-hydrogen) atoms. The van der Waals surface area contributed by atoms with Gasteiger partial charge in [-0.3, -0.25) is 0 Å². The molecule has 1 aliphatic rings. The summed E-state index contributed by atoms with van der Waals surface area (Å²) in [7, 11) is 0. The first-order valence-electron chi connectivity index (χ1n) is 3.48. The van der Waals surface area contributed by atoms with Crippen LogP contribution < -0.4 is 10.6 Å². The molecule has 0 spiro atoms. The number of halogens is 4. The molecule has 1 rings (SSSR count). The van der Waals surface area contributed by atoms with Gasteiger partial charge in [-0.2, -0.15) is 0 Å². The third kappa shape index (κ3) is 5.94. The highest BCUT2D eigenvalue weighted by Crippen LogP contribution is 1.99. The molecule has 1 saturated heterocycles. The minimum Gasteiger partial charge on any atom is -0.316 e. The molecule has 2 N–H and O–H groups in total. The van der Waals surface area contributed by atoms with Crippen molar-refractivity contribution in [2.75, 3.05) is 26.2 Å². The van der Waals surface area contributed by atoms with Crippen molar-refractivity contribution in [3.8, 4) is 0 Å². The van der Waals surface area contributed by atoms with E-state index in [0.29, 0.717) is 5.92 Å². The van der Waals surface area contributed by atoms with Gasteiger partial charge in [-0.25, -0.2) is 8.78 Å². The summed E-state index contributed by atoms with van der Waals surface area (Å²) in [5.74, 6) is 0.568. The highest BCUT2D eigenvalue weighted by Gasteiger charge is 2.15. The molecule has 0 radical (unpaired) electrons. The fraction of sp³-hybridized carbons (Fsp3) is 1.00. The van der Waals surface area contributed by atoms with Crippen molar-refractivity contribution < 1.29 is 8.78 Å². The second-order valence-electron chi connectivity index (χ2n) is 2.57. The maximum Gasteiger partial charge on any atom is 0.250 e. The molecular weight excluding hydrogens is 209 g/mol. The molecule has 0 aromatic carbocycles. The van der Waals surface area contributed by atoms with Crippen LogP contribution in [0.2, 0.25) is 0 Å². The Hall–Kier alpha value is 0.360. The van der Waals surface area contributed by atoms with Gasteiger partial charge < -0.3 is 10.6 Å². The van der Waals surface area contributed by atoms with E-state index in [1.807, 2.05) is 0 Å². The molecular formula is C6H14Cl2F2N2. The predicted molar refractivity (Wildman–Crippen MR) is 49.7 cm³/mol. The first kappa shape index (κ1) is 14.9. The maximum absolute atomic E-state index is 11.5. The van der Waals surface area contributed by atoms with E-state index in [2.05, 4.69) is 10.6 Å². The lowest BCUT2D eigenvalue weighted by atomic mass is 10.0. The van der Waals surface area contributed by atoms with Crippen LogP contribution in [0.25, 0.3) is 0 Å². The Morgan fingerprint density at radius 1 is 1.33 bits per heavy atom. The van der Waals surface area contributed by atoms with Crippen LogP contribution in [0, 0.1) is 5.92 Å². The molecule has 0 atom stereocenters. The molecule has 2 nitrogen and oxygen atoms in total. The van der Waals surface area contributed by atoms with Gasteiger partial charge in [0, 0.05) is 19.6 Å². The van der Waals surface area contributed by atoms with Crippen molar-refractivity contribution in [3.63, 3.8) is 0 Å². The number of rotatable bonds is 4. The number of alkyl halides is 2. The van der Waals surface area contributed by atoms with Gasteiger partial charge in [-0.15, -0.1) is 24.8 Å². The topological polar surface area (TPSA) is 24.1 Å². The summed E-state index contributed by atoms with van der Waals surface area (Å²) >= 11 is 0. The van der Waals surface area contributed by atoms with Crippen LogP contribution in [0.1, 0.15) is 0 Å². The fourth-order valence-corrected chi connectivity index (χ4v) is 0.889. The average molecular weight is 223 g/mol. The molecule has 76 valence electrons. The zero-order valence-electron chi connectivity index (χ0n) is 6.56. The summed E-state index contributed by atoms with van der Waals surface area (Å²) < 4.78 is 23.1. The van der Waals surface area contributed by atoms with Crippen molar-refractivity contribution in [1.82, 2.24) is 10.6 Å². The quantitative estimate of drug-likeness (QED) is 0.740.